The summed E-state index contributed by atoms with van der Waals surface area (Å²) in [6.07, 6.45) is 2.17. The van der Waals surface area contributed by atoms with Crippen LogP contribution in [0.5, 0.6) is 5.75 Å². The lowest BCUT2D eigenvalue weighted by Crippen LogP contribution is -2.29. The van der Waals surface area contributed by atoms with Crippen LogP contribution in [0, 0.1) is 0 Å². The van der Waals surface area contributed by atoms with E-state index in [1.54, 1.807) is 18.3 Å². The highest BCUT2D eigenvalue weighted by Crippen LogP contribution is 2.31. The van der Waals surface area contributed by atoms with Gasteiger partial charge in [0.2, 0.25) is 0 Å². The van der Waals surface area contributed by atoms with Crippen LogP contribution in [0.4, 0.5) is 0 Å². The highest BCUT2D eigenvalue weighted by molar-refractivity contribution is 5.31. The number of aliphatic hydroxyl groups is 1. The van der Waals surface area contributed by atoms with Crippen molar-refractivity contribution in [3.8, 4) is 5.75 Å². The molecule has 1 unspecified atom stereocenters. The Bertz CT molecular complexity index is 308. The summed E-state index contributed by atoms with van der Waals surface area (Å²) in [5.41, 5.74) is -0.620. The van der Waals surface area contributed by atoms with Crippen molar-refractivity contribution < 1.29 is 10.2 Å². The Morgan fingerprint density at radius 2 is 2.38 bits per heavy atom. The smallest absolute Gasteiger partial charge is 0.140 e. The first-order valence-electron chi connectivity index (χ1n) is 4.30. The summed E-state index contributed by atoms with van der Waals surface area (Å²) >= 11 is 0. The Morgan fingerprint density at radius 1 is 1.54 bits per heavy atom. The standard InChI is InChI=1S/C9H12N2O2/c12-7-2-1-4-11-8(7)9(13)3-5-10-6-9/h1-2,4,10,12-13H,3,5-6H2. The molecule has 13 heavy (non-hydrogen) atoms. The average Bonchev–Trinajstić information content (AvgIpc) is 2.54. The molecule has 0 spiro atoms. The highest BCUT2D eigenvalue weighted by Gasteiger charge is 2.36. The monoisotopic (exact) mass is 180 g/mol. The van der Waals surface area contributed by atoms with Gasteiger partial charge in [0.25, 0.3) is 0 Å². The minimum atomic E-state index is -0.995. The maximum absolute atomic E-state index is 10.1. The third-order valence-corrected chi connectivity index (χ3v) is 2.36. The molecule has 0 aliphatic carbocycles. The summed E-state index contributed by atoms with van der Waals surface area (Å²) in [6, 6.07) is 3.18. The van der Waals surface area contributed by atoms with E-state index in [9.17, 15) is 10.2 Å². The van der Waals surface area contributed by atoms with E-state index < -0.39 is 5.60 Å². The summed E-state index contributed by atoms with van der Waals surface area (Å²) in [5.74, 6) is 0.0636. The van der Waals surface area contributed by atoms with E-state index in [2.05, 4.69) is 10.3 Å². The van der Waals surface area contributed by atoms with E-state index in [0.717, 1.165) is 6.54 Å². The van der Waals surface area contributed by atoms with E-state index >= 15 is 0 Å². The molecule has 1 aliphatic heterocycles. The van der Waals surface area contributed by atoms with Gasteiger partial charge in [-0.05, 0) is 25.1 Å². The Kier molecular flexibility index (Phi) is 1.94. The molecule has 1 atom stereocenters. The Balaban J connectivity index is 2.39. The first-order valence-corrected chi connectivity index (χ1v) is 4.30. The van der Waals surface area contributed by atoms with Crippen molar-refractivity contribution in [2.75, 3.05) is 13.1 Å². The normalized spacial score (nSPS) is 27.8. The van der Waals surface area contributed by atoms with Crippen molar-refractivity contribution in [2.45, 2.75) is 12.0 Å². The predicted molar refractivity (Wildman–Crippen MR) is 47.3 cm³/mol. The third-order valence-electron chi connectivity index (χ3n) is 2.36. The molecule has 4 heteroatoms. The lowest BCUT2D eigenvalue weighted by Gasteiger charge is -2.20. The minimum Gasteiger partial charge on any atom is -0.506 e. The molecular weight excluding hydrogens is 168 g/mol. The van der Waals surface area contributed by atoms with Crippen LogP contribution in [0.3, 0.4) is 0 Å². The number of nitrogens with one attached hydrogen (secondary N) is 1. The highest BCUT2D eigenvalue weighted by atomic mass is 16.3. The quantitative estimate of drug-likeness (QED) is 0.567. The van der Waals surface area contributed by atoms with Crippen LogP contribution in [0.25, 0.3) is 0 Å². The van der Waals surface area contributed by atoms with Gasteiger partial charge in [0.05, 0.1) is 0 Å². The van der Waals surface area contributed by atoms with Gasteiger partial charge in [0, 0.05) is 12.7 Å². The van der Waals surface area contributed by atoms with Crippen LogP contribution in [0.1, 0.15) is 12.1 Å². The molecule has 3 N–H and O–H groups in total. The zero-order valence-corrected chi connectivity index (χ0v) is 7.20. The van der Waals surface area contributed by atoms with Crippen LogP contribution in [-0.2, 0) is 5.60 Å². The van der Waals surface area contributed by atoms with Crippen molar-refractivity contribution in [3.05, 3.63) is 24.0 Å². The number of aromatic nitrogens is 1. The fourth-order valence-corrected chi connectivity index (χ4v) is 1.64. The van der Waals surface area contributed by atoms with Crippen LogP contribution in [0.2, 0.25) is 0 Å². The second-order valence-corrected chi connectivity index (χ2v) is 3.33. The predicted octanol–water partition coefficient (Wildman–Crippen LogP) is -0.0319. The topological polar surface area (TPSA) is 65.4 Å². The first kappa shape index (κ1) is 8.47. The summed E-state index contributed by atoms with van der Waals surface area (Å²) < 4.78 is 0. The Morgan fingerprint density at radius 3 is 3.00 bits per heavy atom. The number of hydrogen-bond donors (Lipinski definition) is 3. The van der Waals surface area contributed by atoms with Gasteiger partial charge >= 0.3 is 0 Å². The Hall–Kier alpha value is -1.13. The van der Waals surface area contributed by atoms with Crippen LogP contribution in [-0.4, -0.2) is 28.3 Å². The summed E-state index contributed by atoms with van der Waals surface area (Å²) in [4.78, 5) is 3.99. The molecular formula is C9H12N2O2. The van der Waals surface area contributed by atoms with Crippen molar-refractivity contribution in [1.29, 1.82) is 0 Å². The van der Waals surface area contributed by atoms with Gasteiger partial charge in [-0.2, -0.15) is 0 Å². The summed E-state index contributed by atoms with van der Waals surface area (Å²) in [5, 5.41) is 22.6. The molecule has 0 saturated carbocycles. The Labute approximate surface area is 76.2 Å². The zero-order chi connectivity index (χ0) is 9.31. The molecule has 1 saturated heterocycles. The lowest BCUT2D eigenvalue weighted by molar-refractivity contribution is 0.0514. The molecule has 0 aromatic carbocycles. The van der Waals surface area contributed by atoms with Crippen LogP contribution >= 0.6 is 0 Å². The summed E-state index contributed by atoms with van der Waals surface area (Å²) in [6.45, 7) is 1.21. The molecule has 1 fully saturated rings. The molecule has 1 aromatic heterocycles. The molecule has 0 amide bonds. The fourth-order valence-electron chi connectivity index (χ4n) is 1.64. The van der Waals surface area contributed by atoms with Gasteiger partial charge in [-0.1, -0.05) is 0 Å². The van der Waals surface area contributed by atoms with E-state index in [1.807, 2.05) is 0 Å². The molecule has 0 bridgehead atoms. The molecule has 0 radical (unpaired) electrons. The van der Waals surface area contributed by atoms with E-state index in [1.165, 1.54) is 0 Å². The third kappa shape index (κ3) is 1.38. The van der Waals surface area contributed by atoms with Gasteiger partial charge in [0.1, 0.15) is 17.0 Å². The molecule has 1 aliphatic rings. The number of β-amino-alcohol motifs (C(OH)–C–C–N with tert-alkyl or cyclic N) is 1. The van der Waals surface area contributed by atoms with Gasteiger partial charge in [-0.3, -0.25) is 4.98 Å². The van der Waals surface area contributed by atoms with Crippen LogP contribution in [0.15, 0.2) is 18.3 Å². The SMILES string of the molecule is Oc1cccnc1C1(O)CCNC1. The fraction of sp³-hybridized carbons (Fsp3) is 0.444. The van der Waals surface area contributed by atoms with Crippen molar-refractivity contribution in [2.24, 2.45) is 0 Å². The van der Waals surface area contributed by atoms with Gasteiger partial charge in [-0.25, -0.2) is 0 Å². The maximum atomic E-state index is 10.1. The number of pyridine rings is 1. The summed E-state index contributed by atoms with van der Waals surface area (Å²) in [7, 11) is 0. The molecule has 70 valence electrons. The molecule has 1 aromatic rings. The maximum Gasteiger partial charge on any atom is 0.140 e. The average molecular weight is 180 g/mol. The number of nitrogens with zero attached hydrogens (tertiary/aromatic N) is 1. The van der Waals surface area contributed by atoms with Gasteiger partial charge in [0.15, 0.2) is 0 Å². The number of rotatable bonds is 1. The van der Waals surface area contributed by atoms with Crippen LogP contribution < -0.4 is 5.32 Å². The van der Waals surface area contributed by atoms with E-state index in [0.29, 0.717) is 18.7 Å². The molecule has 2 heterocycles. The number of aromatic hydroxyl groups is 1. The molecule has 2 rings (SSSR count). The van der Waals surface area contributed by atoms with Gasteiger partial charge < -0.3 is 15.5 Å². The van der Waals surface area contributed by atoms with Gasteiger partial charge in [-0.15, -0.1) is 0 Å². The minimum absolute atomic E-state index is 0.0636. The second-order valence-electron chi connectivity index (χ2n) is 3.33. The zero-order valence-electron chi connectivity index (χ0n) is 7.20. The molecule has 4 nitrogen and oxygen atoms in total. The first-order chi connectivity index (χ1) is 6.22. The van der Waals surface area contributed by atoms with E-state index in [-0.39, 0.29) is 5.75 Å². The largest absolute Gasteiger partial charge is 0.506 e. The van der Waals surface area contributed by atoms with Crippen molar-refractivity contribution in [1.82, 2.24) is 10.3 Å². The van der Waals surface area contributed by atoms with Crippen molar-refractivity contribution >= 4 is 0 Å². The van der Waals surface area contributed by atoms with E-state index in [4.69, 9.17) is 0 Å². The van der Waals surface area contributed by atoms with Crippen molar-refractivity contribution in [3.63, 3.8) is 0 Å². The number of hydrogen-bond acceptors (Lipinski definition) is 4. The lowest BCUT2D eigenvalue weighted by atomic mass is 9.97. The second kappa shape index (κ2) is 2.97.